The first kappa shape index (κ1) is 8.79. The van der Waals surface area contributed by atoms with Crippen LogP contribution in [0.2, 0.25) is 0 Å². The number of anilines is 2. The molecule has 0 aromatic carbocycles. The van der Waals surface area contributed by atoms with Gasteiger partial charge in [-0.15, -0.1) is 11.3 Å². The number of nitrogen functional groups attached to an aromatic ring is 1. The molecule has 0 aliphatic heterocycles. The van der Waals surface area contributed by atoms with E-state index >= 15 is 0 Å². The maximum absolute atomic E-state index is 10.4. The topological polar surface area (TPSA) is 88.2 Å². The number of carbonyl (C=O) groups is 1. The van der Waals surface area contributed by atoms with E-state index in [0.29, 0.717) is 10.9 Å². The second-order valence-electron chi connectivity index (χ2n) is 2.28. The predicted octanol–water partition coefficient (Wildman–Crippen LogP) is 0.610. The number of thiazole rings is 1. The zero-order valence-corrected chi connectivity index (χ0v) is 7.26. The lowest BCUT2D eigenvalue weighted by Gasteiger charge is -2.06. The molecule has 0 saturated heterocycles. The van der Waals surface area contributed by atoms with Gasteiger partial charge in [-0.1, -0.05) is 0 Å². The minimum absolute atomic E-state index is 0.426. The van der Waals surface area contributed by atoms with Crippen molar-refractivity contribution in [3.63, 3.8) is 0 Å². The summed E-state index contributed by atoms with van der Waals surface area (Å²) in [6.45, 7) is 1.54. The fourth-order valence-electron chi connectivity index (χ4n) is 0.637. The third-order valence-electron chi connectivity index (χ3n) is 1.26. The van der Waals surface area contributed by atoms with Gasteiger partial charge < -0.3 is 16.2 Å². The smallest absolute Gasteiger partial charge is 0.325 e. The molecule has 4 N–H and O–H groups in total. The zero-order chi connectivity index (χ0) is 9.14. The van der Waals surface area contributed by atoms with Gasteiger partial charge in [-0.2, -0.15) is 0 Å². The Hall–Kier alpha value is -1.30. The Labute approximate surface area is 73.2 Å². The molecule has 0 spiro atoms. The minimum atomic E-state index is -0.915. The van der Waals surface area contributed by atoms with Crippen LogP contribution in [-0.2, 0) is 4.79 Å². The monoisotopic (exact) mass is 187 g/mol. The highest BCUT2D eigenvalue weighted by atomic mass is 32.1. The van der Waals surface area contributed by atoms with E-state index in [9.17, 15) is 4.79 Å². The molecule has 0 radical (unpaired) electrons. The van der Waals surface area contributed by atoms with Crippen LogP contribution in [0, 0.1) is 0 Å². The Kier molecular flexibility index (Phi) is 2.49. The molecule has 1 aromatic rings. The van der Waals surface area contributed by atoms with Crippen molar-refractivity contribution in [1.29, 1.82) is 0 Å². The Morgan fingerprint density at radius 1 is 1.92 bits per heavy atom. The number of nitrogens with two attached hydrogens (primary N) is 1. The molecular formula is C6H9N3O2S. The summed E-state index contributed by atoms with van der Waals surface area (Å²) in [6.07, 6.45) is 0. The lowest BCUT2D eigenvalue weighted by atomic mass is 10.3. The largest absolute Gasteiger partial charge is 0.480 e. The number of carboxylic acids is 1. The van der Waals surface area contributed by atoms with Crippen molar-refractivity contribution in [1.82, 2.24) is 4.98 Å². The van der Waals surface area contributed by atoms with Crippen molar-refractivity contribution in [3.8, 4) is 0 Å². The van der Waals surface area contributed by atoms with Crippen molar-refractivity contribution in [2.24, 2.45) is 0 Å². The van der Waals surface area contributed by atoms with Crippen LogP contribution in [0.1, 0.15) is 6.92 Å². The molecular weight excluding hydrogens is 178 g/mol. The molecule has 1 aromatic heterocycles. The van der Waals surface area contributed by atoms with Crippen LogP contribution in [0.15, 0.2) is 5.38 Å². The van der Waals surface area contributed by atoms with E-state index in [2.05, 4.69) is 10.3 Å². The van der Waals surface area contributed by atoms with E-state index < -0.39 is 12.0 Å². The van der Waals surface area contributed by atoms with Gasteiger partial charge >= 0.3 is 5.97 Å². The molecule has 6 heteroatoms. The van der Waals surface area contributed by atoms with Gasteiger partial charge in [0.2, 0.25) is 0 Å². The van der Waals surface area contributed by atoms with Crippen LogP contribution in [0.5, 0.6) is 0 Å². The van der Waals surface area contributed by atoms with Gasteiger partial charge in [0.1, 0.15) is 11.9 Å². The molecule has 0 unspecified atom stereocenters. The molecule has 1 heterocycles. The molecule has 1 atom stereocenters. The van der Waals surface area contributed by atoms with Gasteiger partial charge in [-0.3, -0.25) is 4.79 Å². The standard InChI is InChI=1S/C6H9N3O2S/c1-3(5(10)11)8-4-2-12-6(7)9-4/h2-3,8H,1H3,(H2,7,9)(H,10,11)/t3-/m0/s1. The van der Waals surface area contributed by atoms with Gasteiger partial charge in [0.15, 0.2) is 5.13 Å². The lowest BCUT2D eigenvalue weighted by Crippen LogP contribution is -2.25. The molecule has 5 nitrogen and oxygen atoms in total. The molecule has 0 bridgehead atoms. The fourth-order valence-corrected chi connectivity index (χ4v) is 1.14. The van der Waals surface area contributed by atoms with Crippen molar-refractivity contribution < 1.29 is 9.90 Å². The van der Waals surface area contributed by atoms with Crippen molar-refractivity contribution in [3.05, 3.63) is 5.38 Å². The molecule has 12 heavy (non-hydrogen) atoms. The van der Waals surface area contributed by atoms with Crippen LogP contribution >= 0.6 is 11.3 Å². The van der Waals surface area contributed by atoms with Gasteiger partial charge in [0.25, 0.3) is 0 Å². The summed E-state index contributed by atoms with van der Waals surface area (Å²) in [4.78, 5) is 14.2. The Morgan fingerprint density at radius 3 is 3.00 bits per heavy atom. The number of rotatable bonds is 3. The third-order valence-corrected chi connectivity index (χ3v) is 1.93. The molecule has 0 amide bonds. The highest BCUT2D eigenvalue weighted by molar-refractivity contribution is 7.13. The van der Waals surface area contributed by atoms with E-state index in [1.54, 1.807) is 5.38 Å². The number of carboxylic acid groups (broad SMARTS) is 1. The van der Waals surface area contributed by atoms with Gasteiger partial charge in [-0.05, 0) is 6.92 Å². The van der Waals surface area contributed by atoms with Crippen LogP contribution in [-0.4, -0.2) is 22.1 Å². The minimum Gasteiger partial charge on any atom is -0.480 e. The molecule has 66 valence electrons. The van der Waals surface area contributed by atoms with E-state index in [1.807, 2.05) is 0 Å². The van der Waals surface area contributed by atoms with Gasteiger partial charge in [0.05, 0.1) is 0 Å². The Bertz CT molecular complexity index is 286. The first-order valence-electron chi connectivity index (χ1n) is 3.30. The number of nitrogens with zero attached hydrogens (tertiary/aromatic N) is 1. The zero-order valence-electron chi connectivity index (χ0n) is 6.44. The number of aliphatic carboxylic acids is 1. The van der Waals surface area contributed by atoms with E-state index in [-0.39, 0.29) is 0 Å². The summed E-state index contributed by atoms with van der Waals surface area (Å²) in [5, 5.41) is 13.3. The quantitative estimate of drug-likeness (QED) is 0.645. The number of hydrogen-bond donors (Lipinski definition) is 3. The summed E-state index contributed by atoms with van der Waals surface area (Å²) in [5.74, 6) is -0.408. The summed E-state index contributed by atoms with van der Waals surface area (Å²) >= 11 is 1.27. The van der Waals surface area contributed by atoms with Crippen LogP contribution < -0.4 is 11.1 Å². The van der Waals surface area contributed by atoms with Crippen LogP contribution in [0.3, 0.4) is 0 Å². The third kappa shape index (κ3) is 2.09. The lowest BCUT2D eigenvalue weighted by molar-refractivity contribution is -0.137. The molecule has 0 aliphatic rings. The molecule has 0 fully saturated rings. The SMILES string of the molecule is C[C@H](Nc1csc(N)n1)C(=O)O. The highest BCUT2D eigenvalue weighted by Gasteiger charge is 2.10. The first-order chi connectivity index (χ1) is 5.59. The highest BCUT2D eigenvalue weighted by Crippen LogP contribution is 2.15. The number of hydrogen-bond acceptors (Lipinski definition) is 5. The molecule has 0 aliphatic carbocycles. The van der Waals surface area contributed by atoms with Crippen molar-refractivity contribution in [2.75, 3.05) is 11.1 Å². The molecule has 1 rings (SSSR count). The maximum Gasteiger partial charge on any atom is 0.325 e. The summed E-state index contributed by atoms with van der Waals surface area (Å²) in [6, 6.07) is -0.647. The van der Waals surface area contributed by atoms with Gasteiger partial charge in [-0.25, -0.2) is 4.98 Å². The van der Waals surface area contributed by atoms with Crippen molar-refractivity contribution >= 4 is 28.3 Å². The average Bonchev–Trinajstić information content (AvgIpc) is 2.35. The van der Waals surface area contributed by atoms with E-state index in [4.69, 9.17) is 10.8 Å². The van der Waals surface area contributed by atoms with E-state index in [0.717, 1.165) is 0 Å². The fraction of sp³-hybridized carbons (Fsp3) is 0.333. The second kappa shape index (κ2) is 3.40. The average molecular weight is 187 g/mol. The Morgan fingerprint density at radius 2 is 2.58 bits per heavy atom. The van der Waals surface area contributed by atoms with Gasteiger partial charge in [0, 0.05) is 5.38 Å². The van der Waals surface area contributed by atoms with E-state index in [1.165, 1.54) is 18.3 Å². The van der Waals surface area contributed by atoms with Crippen molar-refractivity contribution in [2.45, 2.75) is 13.0 Å². The number of aromatic nitrogens is 1. The summed E-state index contributed by atoms with van der Waals surface area (Å²) in [5.41, 5.74) is 5.35. The second-order valence-corrected chi connectivity index (χ2v) is 3.16. The number of nitrogens with one attached hydrogen (secondary N) is 1. The van der Waals surface area contributed by atoms with Crippen LogP contribution in [0.25, 0.3) is 0 Å². The molecule has 0 saturated carbocycles. The Balaban J connectivity index is 2.58. The first-order valence-corrected chi connectivity index (χ1v) is 4.18. The normalized spacial score (nSPS) is 12.4. The maximum atomic E-state index is 10.4. The predicted molar refractivity (Wildman–Crippen MR) is 47.2 cm³/mol. The summed E-state index contributed by atoms with van der Waals surface area (Å²) < 4.78 is 0. The van der Waals surface area contributed by atoms with Crippen LogP contribution in [0.4, 0.5) is 10.9 Å². The summed E-state index contributed by atoms with van der Waals surface area (Å²) in [7, 11) is 0.